The summed E-state index contributed by atoms with van der Waals surface area (Å²) in [7, 11) is 0. The number of carbonyl (C=O) groups excluding carboxylic acids is 2. The second kappa shape index (κ2) is 9.27. The minimum absolute atomic E-state index is 0.0326. The van der Waals surface area contributed by atoms with E-state index in [4.69, 9.17) is 5.41 Å². The van der Waals surface area contributed by atoms with Crippen LogP contribution in [0.1, 0.15) is 33.6 Å². The smallest absolute Gasteiger partial charge is 0.353 e. The van der Waals surface area contributed by atoms with Crippen LogP contribution in [0.25, 0.3) is 0 Å². The molecule has 7 atom stereocenters. The zero-order valence-electron chi connectivity index (χ0n) is 19.2. The molecule has 11 heteroatoms. The standard InChI is InChI=1S/C22H33N5O5S/c1-10-17-16(11(2)28)21(30)27(17)18(22(31)32)19(10)33-14-6-15(25-8-14)20(29)26-5-4-13(9-26)7-24-12(3)23/h10-11,13-17,25,28H,4-9H2,1-3H3,(H2,23,24)(H,31,32)/t10-,11-,13-,14+,15+,16-,17-/m1/s1. The molecule has 4 aliphatic heterocycles. The number of hydrogen-bond donors (Lipinski definition) is 5. The number of carbonyl (C=O) groups is 3. The lowest BCUT2D eigenvalue weighted by Crippen LogP contribution is -2.63. The first kappa shape index (κ1) is 24.0. The van der Waals surface area contributed by atoms with Gasteiger partial charge in [-0.2, -0.15) is 0 Å². The molecule has 33 heavy (non-hydrogen) atoms. The van der Waals surface area contributed by atoms with Crippen molar-refractivity contribution in [1.29, 1.82) is 5.41 Å². The van der Waals surface area contributed by atoms with Crippen molar-refractivity contribution in [2.75, 3.05) is 26.2 Å². The summed E-state index contributed by atoms with van der Waals surface area (Å²) in [5.41, 5.74) is 0.0329. The summed E-state index contributed by atoms with van der Waals surface area (Å²) in [5.74, 6) is -1.35. The third kappa shape index (κ3) is 4.38. The predicted octanol–water partition coefficient (Wildman–Crippen LogP) is 0.0391. The maximum absolute atomic E-state index is 13.0. The molecule has 0 unspecified atom stereocenters. The Morgan fingerprint density at radius 2 is 2.12 bits per heavy atom. The van der Waals surface area contributed by atoms with Crippen LogP contribution < -0.4 is 10.6 Å². The highest BCUT2D eigenvalue weighted by Crippen LogP contribution is 2.51. The number of fused-ring (bicyclic) bond motifs is 1. The molecule has 0 saturated carbocycles. The van der Waals surface area contributed by atoms with Gasteiger partial charge in [-0.15, -0.1) is 11.8 Å². The van der Waals surface area contributed by atoms with E-state index in [0.717, 1.165) is 6.42 Å². The summed E-state index contributed by atoms with van der Waals surface area (Å²) in [6, 6.07) is -0.620. The van der Waals surface area contributed by atoms with Crippen LogP contribution in [0.4, 0.5) is 0 Å². The molecular weight excluding hydrogens is 446 g/mol. The Bertz CT molecular complexity index is 892. The van der Waals surface area contributed by atoms with Gasteiger partial charge in [0.2, 0.25) is 11.8 Å². The SMILES string of the molecule is CC(=N)NC[C@H]1CCN(C(=O)[C@@H]2C[C@H](SC3=C(C(=O)O)N4C(=O)[C@H]([C@@H](C)O)[C@H]4[C@H]3C)CN2)C1. The van der Waals surface area contributed by atoms with E-state index >= 15 is 0 Å². The van der Waals surface area contributed by atoms with E-state index in [9.17, 15) is 24.6 Å². The van der Waals surface area contributed by atoms with Crippen LogP contribution in [0, 0.1) is 23.2 Å². The normalized spacial score (nSPS) is 34.4. The molecule has 10 nitrogen and oxygen atoms in total. The summed E-state index contributed by atoms with van der Waals surface area (Å²) < 4.78 is 0. The Balaban J connectivity index is 1.37. The van der Waals surface area contributed by atoms with Gasteiger partial charge in [0.1, 0.15) is 5.70 Å². The van der Waals surface area contributed by atoms with Crippen molar-refractivity contribution in [3.05, 3.63) is 10.6 Å². The maximum Gasteiger partial charge on any atom is 0.353 e. The van der Waals surface area contributed by atoms with Crippen LogP contribution in [0.2, 0.25) is 0 Å². The predicted molar refractivity (Wildman–Crippen MR) is 124 cm³/mol. The van der Waals surface area contributed by atoms with Gasteiger partial charge < -0.3 is 30.6 Å². The van der Waals surface area contributed by atoms with Gasteiger partial charge in [-0.1, -0.05) is 6.92 Å². The van der Waals surface area contributed by atoms with Crippen molar-refractivity contribution < 1.29 is 24.6 Å². The zero-order chi connectivity index (χ0) is 24.0. The number of carboxylic acids is 1. The number of aliphatic hydroxyl groups excluding tert-OH is 1. The van der Waals surface area contributed by atoms with E-state index in [2.05, 4.69) is 10.6 Å². The van der Waals surface area contributed by atoms with E-state index in [-0.39, 0.29) is 40.8 Å². The monoisotopic (exact) mass is 479 g/mol. The highest BCUT2D eigenvalue weighted by molar-refractivity contribution is 8.03. The van der Waals surface area contributed by atoms with Crippen LogP contribution in [-0.4, -0.2) is 93.2 Å². The van der Waals surface area contributed by atoms with Gasteiger partial charge >= 0.3 is 5.97 Å². The van der Waals surface area contributed by atoms with Crippen LogP contribution in [-0.2, 0) is 14.4 Å². The number of carboxylic acid groups (broad SMARTS) is 1. The van der Waals surface area contributed by atoms with E-state index in [0.29, 0.717) is 49.3 Å². The van der Waals surface area contributed by atoms with Gasteiger partial charge in [-0.25, -0.2) is 4.79 Å². The van der Waals surface area contributed by atoms with Crippen LogP contribution in [0.5, 0.6) is 0 Å². The van der Waals surface area contributed by atoms with E-state index in [1.165, 1.54) is 16.7 Å². The molecule has 0 aromatic heterocycles. The second-order valence-electron chi connectivity index (χ2n) is 9.65. The fraction of sp³-hybridized carbons (Fsp3) is 0.727. The summed E-state index contributed by atoms with van der Waals surface area (Å²) in [5, 5.41) is 33.7. The first-order valence-corrected chi connectivity index (χ1v) is 12.4. The number of likely N-dealkylation sites (tertiary alicyclic amines) is 1. The average molecular weight is 480 g/mol. The third-order valence-electron chi connectivity index (χ3n) is 7.25. The second-order valence-corrected chi connectivity index (χ2v) is 11.0. The third-order valence-corrected chi connectivity index (χ3v) is 8.76. The lowest BCUT2D eigenvalue weighted by atomic mass is 9.79. The van der Waals surface area contributed by atoms with E-state index < -0.39 is 18.0 Å². The largest absolute Gasteiger partial charge is 0.477 e. The van der Waals surface area contributed by atoms with Crippen molar-refractivity contribution in [2.24, 2.45) is 17.8 Å². The van der Waals surface area contributed by atoms with Crippen molar-refractivity contribution in [3.63, 3.8) is 0 Å². The molecule has 2 amide bonds. The number of aliphatic hydroxyl groups is 1. The lowest BCUT2D eigenvalue weighted by Gasteiger charge is -2.46. The van der Waals surface area contributed by atoms with Gasteiger partial charge in [0.25, 0.3) is 0 Å². The highest BCUT2D eigenvalue weighted by Gasteiger charge is 2.60. The minimum Gasteiger partial charge on any atom is -0.477 e. The molecule has 0 aromatic rings. The van der Waals surface area contributed by atoms with Crippen molar-refractivity contribution in [2.45, 2.75) is 57.1 Å². The number of thioether (sulfide) groups is 1. The molecule has 0 bridgehead atoms. The van der Waals surface area contributed by atoms with Gasteiger partial charge in [0, 0.05) is 42.3 Å². The number of aliphatic carboxylic acids is 1. The number of nitrogens with zero attached hydrogens (tertiary/aromatic N) is 2. The number of amidine groups is 1. The molecule has 3 fully saturated rings. The summed E-state index contributed by atoms with van der Waals surface area (Å²) in [6.45, 7) is 7.87. The lowest BCUT2D eigenvalue weighted by molar-refractivity contribution is -0.163. The van der Waals surface area contributed by atoms with Gasteiger partial charge in [0.15, 0.2) is 0 Å². The van der Waals surface area contributed by atoms with E-state index in [1.54, 1.807) is 13.8 Å². The molecule has 5 N–H and O–H groups in total. The Hall–Kier alpha value is -2.11. The first-order chi connectivity index (χ1) is 15.6. The van der Waals surface area contributed by atoms with E-state index in [1.807, 2.05) is 11.8 Å². The molecule has 4 aliphatic rings. The molecular formula is C22H33N5O5S. The van der Waals surface area contributed by atoms with Crippen molar-refractivity contribution in [1.82, 2.24) is 20.4 Å². The topological polar surface area (TPSA) is 146 Å². The number of rotatable bonds is 7. The number of nitrogens with one attached hydrogen (secondary N) is 3. The number of hydrogen-bond acceptors (Lipinski definition) is 7. The zero-order valence-corrected chi connectivity index (χ0v) is 20.0. The molecule has 0 aromatic carbocycles. The molecule has 0 radical (unpaired) electrons. The van der Waals surface area contributed by atoms with Gasteiger partial charge in [-0.05, 0) is 32.6 Å². The van der Waals surface area contributed by atoms with Gasteiger partial charge in [-0.3, -0.25) is 15.0 Å². The summed E-state index contributed by atoms with van der Waals surface area (Å²) >= 11 is 1.45. The number of amides is 2. The summed E-state index contributed by atoms with van der Waals surface area (Å²) in [6.07, 6.45) is 0.696. The molecule has 4 heterocycles. The maximum atomic E-state index is 13.0. The van der Waals surface area contributed by atoms with Crippen molar-refractivity contribution in [3.8, 4) is 0 Å². The first-order valence-electron chi connectivity index (χ1n) is 11.6. The fourth-order valence-electron chi connectivity index (χ4n) is 5.56. The molecule has 3 saturated heterocycles. The minimum atomic E-state index is -1.13. The van der Waals surface area contributed by atoms with Crippen LogP contribution in [0.3, 0.4) is 0 Å². The van der Waals surface area contributed by atoms with Crippen LogP contribution in [0.15, 0.2) is 10.6 Å². The Morgan fingerprint density at radius 3 is 2.76 bits per heavy atom. The summed E-state index contributed by atoms with van der Waals surface area (Å²) in [4.78, 5) is 41.4. The molecule has 0 aliphatic carbocycles. The quantitative estimate of drug-likeness (QED) is 0.195. The Kier molecular flexibility index (Phi) is 6.75. The molecule has 0 spiro atoms. The van der Waals surface area contributed by atoms with Crippen LogP contribution >= 0.6 is 11.8 Å². The van der Waals surface area contributed by atoms with Crippen molar-refractivity contribution >= 4 is 35.4 Å². The molecule has 182 valence electrons. The Morgan fingerprint density at radius 1 is 1.39 bits per heavy atom. The average Bonchev–Trinajstić information content (AvgIpc) is 3.45. The Labute approximate surface area is 197 Å². The van der Waals surface area contributed by atoms with Gasteiger partial charge in [0.05, 0.1) is 29.9 Å². The molecule has 4 rings (SSSR count). The fourth-order valence-corrected chi connectivity index (χ4v) is 7.04. The number of β-lactam (4-membered cyclic amide) rings is 1. The highest BCUT2D eigenvalue weighted by atomic mass is 32.2.